The number of rotatable bonds is 7. The van der Waals surface area contributed by atoms with Crippen LogP contribution in [0.1, 0.15) is 28.1 Å². The first-order chi connectivity index (χ1) is 13.7. The number of non-ortho nitro benzene ring substituents is 1. The molecule has 1 aromatic carbocycles. The highest BCUT2D eigenvalue weighted by Crippen LogP contribution is 2.22. The normalized spacial score (nSPS) is 17.8. The molecule has 29 heavy (non-hydrogen) atoms. The van der Waals surface area contributed by atoms with Crippen LogP contribution in [0.25, 0.3) is 0 Å². The molecule has 1 aliphatic heterocycles. The number of hydrogen-bond donors (Lipinski definition) is 1. The van der Waals surface area contributed by atoms with Gasteiger partial charge in [0.1, 0.15) is 0 Å². The Hall–Kier alpha value is -2.30. The predicted molar refractivity (Wildman–Crippen MR) is 111 cm³/mol. The van der Waals surface area contributed by atoms with E-state index in [0.29, 0.717) is 6.54 Å². The lowest BCUT2D eigenvalue weighted by molar-refractivity contribution is -0.385. The fourth-order valence-corrected chi connectivity index (χ4v) is 4.88. The average molecular weight is 438 g/mol. The minimum atomic E-state index is -3.67. The van der Waals surface area contributed by atoms with Crippen molar-refractivity contribution in [3.05, 3.63) is 56.3 Å². The van der Waals surface area contributed by atoms with Crippen molar-refractivity contribution in [2.24, 2.45) is 5.92 Å². The van der Waals surface area contributed by atoms with Gasteiger partial charge in [-0.05, 0) is 42.8 Å². The van der Waals surface area contributed by atoms with Crippen molar-refractivity contribution in [3.63, 3.8) is 0 Å². The Balaban J connectivity index is 1.64. The van der Waals surface area contributed by atoms with E-state index in [2.05, 4.69) is 21.7 Å². The molecule has 10 heteroatoms. The van der Waals surface area contributed by atoms with E-state index in [1.165, 1.54) is 10.9 Å². The molecule has 2 heterocycles. The molecule has 1 unspecified atom stereocenters. The van der Waals surface area contributed by atoms with E-state index in [1.807, 2.05) is 6.07 Å². The van der Waals surface area contributed by atoms with E-state index in [-0.39, 0.29) is 16.4 Å². The zero-order valence-electron chi connectivity index (χ0n) is 16.0. The molecule has 1 N–H and O–H groups in total. The predicted octanol–water partition coefficient (Wildman–Crippen LogP) is 2.70. The SMILES string of the molecule is CS(=O)(=O)c1cc(C(=O)NCC2CCCN(Cc3cccs3)C2)cc([N+](=O)[O-])c1. The number of nitro benzene ring substituents is 1. The van der Waals surface area contributed by atoms with Gasteiger partial charge in [0.2, 0.25) is 0 Å². The lowest BCUT2D eigenvalue weighted by Gasteiger charge is -2.32. The molecule has 3 rings (SSSR count). The molecular weight excluding hydrogens is 414 g/mol. The third-order valence-corrected chi connectivity index (χ3v) is 6.86. The van der Waals surface area contributed by atoms with Crippen molar-refractivity contribution < 1.29 is 18.1 Å². The summed E-state index contributed by atoms with van der Waals surface area (Å²) in [7, 11) is -3.67. The highest BCUT2D eigenvalue weighted by Gasteiger charge is 2.23. The van der Waals surface area contributed by atoms with Gasteiger partial charge in [0.05, 0.1) is 9.82 Å². The molecule has 1 aromatic heterocycles. The largest absolute Gasteiger partial charge is 0.352 e. The molecule has 1 amide bonds. The summed E-state index contributed by atoms with van der Waals surface area (Å²) in [5, 5.41) is 16.0. The minimum Gasteiger partial charge on any atom is -0.352 e. The van der Waals surface area contributed by atoms with E-state index in [4.69, 9.17) is 0 Å². The van der Waals surface area contributed by atoms with Gasteiger partial charge < -0.3 is 5.32 Å². The molecule has 1 aliphatic rings. The third kappa shape index (κ3) is 5.84. The van der Waals surface area contributed by atoms with Crippen molar-refractivity contribution in [1.82, 2.24) is 10.2 Å². The maximum atomic E-state index is 12.5. The number of piperidine rings is 1. The first-order valence-electron chi connectivity index (χ1n) is 9.25. The Morgan fingerprint density at radius 1 is 1.38 bits per heavy atom. The maximum Gasteiger partial charge on any atom is 0.271 e. The number of likely N-dealkylation sites (tertiary alicyclic amines) is 1. The molecule has 0 aliphatic carbocycles. The first kappa shape index (κ1) is 21.4. The van der Waals surface area contributed by atoms with Crippen LogP contribution in [-0.4, -0.2) is 50.0 Å². The molecular formula is C19H23N3O5S2. The van der Waals surface area contributed by atoms with Gasteiger partial charge in [0, 0.05) is 48.5 Å². The summed E-state index contributed by atoms with van der Waals surface area (Å²) in [5.74, 6) is -0.227. The van der Waals surface area contributed by atoms with Gasteiger partial charge in [-0.3, -0.25) is 19.8 Å². The summed E-state index contributed by atoms with van der Waals surface area (Å²) < 4.78 is 23.6. The van der Waals surface area contributed by atoms with Crippen molar-refractivity contribution in [2.45, 2.75) is 24.3 Å². The number of sulfone groups is 1. The zero-order chi connectivity index (χ0) is 21.0. The van der Waals surface area contributed by atoms with Crippen LogP contribution in [0.5, 0.6) is 0 Å². The number of carbonyl (C=O) groups is 1. The second kappa shape index (κ2) is 9.02. The van der Waals surface area contributed by atoms with Crippen LogP contribution in [0, 0.1) is 16.0 Å². The van der Waals surface area contributed by atoms with Crippen LogP contribution < -0.4 is 5.32 Å². The summed E-state index contributed by atoms with van der Waals surface area (Å²) in [6.45, 7) is 3.22. The van der Waals surface area contributed by atoms with Gasteiger partial charge in [-0.1, -0.05) is 6.07 Å². The Bertz CT molecular complexity index is 989. The number of benzene rings is 1. The number of thiophene rings is 1. The molecule has 0 saturated carbocycles. The lowest BCUT2D eigenvalue weighted by atomic mass is 9.97. The number of nitrogens with one attached hydrogen (secondary N) is 1. The van der Waals surface area contributed by atoms with E-state index < -0.39 is 26.4 Å². The highest BCUT2D eigenvalue weighted by atomic mass is 32.2. The molecule has 0 bridgehead atoms. The molecule has 0 radical (unpaired) electrons. The van der Waals surface area contributed by atoms with Gasteiger partial charge in [-0.15, -0.1) is 11.3 Å². The van der Waals surface area contributed by atoms with E-state index in [0.717, 1.165) is 50.9 Å². The summed E-state index contributed by atoms with van der Waals surface area (Å²) in [5.41, 5.74) is -0.441. The first-order valence-corrected chi connectivity index (χ1v) is 12.0. The quantitative estimate of drug-likeness (QED) is 0.527. The maximum absolute atomic E-state index is 12.5. The van der Waals surface area contributed by atoms with Crippen molar-refractivity contribution >= 4 is 32.8 Å². The molecule has 2 aromatic rings. The van der Waals surface area contributed by atoms with E-state index >= 15 is 0 Å². The van der Waals surface area contributed by atoms with Crippen molar-refractivity contribution in [3.8, 4) is 0 Å². The lowest BCUT2D eigenvalue weighted by Crippen LogP contribution is -2.40. The molecule has 8 nitrogen and oxygen atoms in total. The van der Waals surface area contributed by atoms with Crippen LogP contribution in [0.2, 0.25) is 0 Å². The fraction of sp³-hybridized carbons (Fsp3) is 0.421. The Morgan fingerprint density at radius 3 is 2.83 bits per heavy atom. The Morgan fingerprint density at radius 2 is 2.17 bits per heavy atom. The van der Waals surface area contributed by atoms with Gasteiger partial charge in [0.15, 0.2) is 9.84 Å². The van der Waals surface area contributed by atoms with Crippen LogP contribution in [0.4, 0.5) is 5.69 Å². The van der Waals surface area contributed by atoms with Crippen LogP contribution in [0.15, 0.2) is 40.6 Å². The Labute approximate surface area is 173 Å². The monoisotopic (exact) mass is 437 g/mol. The summed E-state index contributed by atoms with van der Waals surface area (Å²) in [6.07, 6.45) is 2.99. The number of hydrogen-bond acceptors (Lipinski definition) is 7. The van der Waals surface area contributed by atoms with Crippen LogP contribution >= 0.6 is 11.3 Å². The number of carbonyl (C=O) groups excluding carboxylic acids is 1. The highest BCUT2D eigenvalue weighted by molar-refractivity contribution is 7.90. The minimum absolute atomic E-state index is 0.0223. The Kier molecular flexibility index (Phi) is 6.66. The van der Waals surface area contributed by atoms with Gasteiger partial charge in [-0.2, -0.15) is 0 Å². The van der Waals surface area contributed by atoms with E-state index in [9.17, 15) is 23.3 Å². The molecule has 0 spiro atoms. The summed E-state index contributed by atoms with van der Waals surface area (Å²) >= 11 is 1.72. The van der Waals surface area contributed by atoms with Gasteiger partial charge in [0.25, 0.3) is 11.6 Å². The van der Waals surface area contributed by atoms with E-state index in [1.54, 1.807) is 11.3 Å². The second-order valence-corrected chi connectivity index (χ2v) is 10.3. The van der Waals surface area contributed by atoms with Gasteiger partial charge >= 0.3 is 0 Å². The smallest absolute Gasteiger partial charge is 0.271 e. The standard InChI is InChI=1S/C19H23N3O5S2/c1-29(26,27)18-9-15(8-16(10-18)22(24)25)19(23)20-11-14-4-2-6-21(12-14)13-17-5-3-7-28-17/h3,5,7-10,14H,2,4,6,11-13H2,1H3,(H,20,23). The fourth-order valence-electron chi connectivity index (χ4n) is 3.46. The molecule has 1 saturated heterocycles. The number of amides is 1. The second-order valence-electron chi connectivity index (χ2n) is 7.28. The summed E-state index contributed by atoms with van der Waals surface area (Å²) in [6, 6.07) is 7.40. The summed E-state index contributed by atoms with van der Waals surface area (Å²) in [4.78, 5) is 26.4. The zero-order valence-corrected chi connectivity index (χ0v) is 17.7. The molecule has 1 atom stereocenters. The average Bonchev–Trinajstić information content (AvgIpc) is 3.18. The van der Waals surface area contributed by atoms with Crippen LogP contribution in [-0.2, 0) is 16.4 Å². The topological polar surface area (TPSA) is 110 Å². The van der Waals surface area contributed by atoms with Gasteiger partial charge in [-0.25, -0.2) is 8.42 Å². The molecule has 1 fully saturated rings. The van der Waals surface area contributed by atoms with Crippen LogP contribution in [0.3, 0.4) is 0 Å². The molecule has 156 valence electrons. The third-order valence-electron chi connectivity index (χ3n) is 4.91. The number of nitro groups is 1. The number of nitrogens with zero attached hydrogens (tertiary/aromatic N) is 2. The van der Waals surface area contributed by atoms with Crippen molar-refractivity contribution in [1.29, 1.82) is 0 Å². The van der Waals surface area contributed by atoms with Crippen molar-refractivity contribution in [2.75, 3.05) is 25.9 Å².